The summed E-state index contributed by atoms with van der Waals surface area (Å²) in [6.07, 6.45) is 0.560. The molecule has 134 valence electrons. The number of nitrogens with one attached hydrogen (secondary N) is 1. The first-order valence-corrected chi connectivity index (χ1v) is 9.53. The Bertz CT molecular complexity index is 907. The van der Waals surface area contributed by atoms with Crippen LogP contribution in [0.4, 0.5) is 0 Å². The smallest absolute Gasteiger partial charge is 0.382 e. The fourth-order valence-corrected chi connectivity index (χ4v) is 4.64. The first-order valence-electron chi connectivity index (χ1n) is 7.80. The summed E-state index contributed by atoms with van der Waals surface area (Å²) in [7, 11) is -3.32. The van der Waals surface area contributed by atoms with Gasteiger partial charge in [0.15, 0.2) is 0 Å². The Labute approximate surface area is 143 Å². The van der Waals surface area contributed by atoms with Crippen LogP contribution in [0.3, 0.4) is 0 Å². The molecule has 1 aliphatic heterocycles. The number of ether oxygens (including phenoxy) is 1. The lowest BCUT2D eigenvalue weighted by molar-refractivity contribution is -0.0221. The molecule has 3 rings (SSSR count). The van der Waals surface area contributed by atoms with Crippen LogP contribution >= 0.6 is 7.60 Å². The fourth-order valence-electron chi connectivity index (χ4n) is 2.51. The van der Waals surface area contributed by atoms with Crippen LogP contribution in [-0.4, -0.2) is 27.9 Å². The molecule has 0 spiro atoms. The highest BCUT2D eigenvalue weighted by molar-refractivity contribution is 7.54. The van der Waals surface area contributed by atoms with Crippen LogP contribution in [0, 0.1) is 6.92 Å². The van der Waals surface area contributed by atoms with E-state index in [1.54, 1.807) is 38.1 Å². The number of para-hydroxylation sites is 1. The Hall–Kier alpha value is -2.15. The van der Waals surface area contributed by atoms with E-state index in [1.807, 2.05) is 6.07 Å². The summed E-state index contributed by atoms with van der Waals surface area (Å²) >= 11 is 0. The molecule has 0 bridgehead atoms. The van der Waals surface area contributed by atoms with E-state index in [9.17, 15) is 14.2 Å². The lowest BCUT2D eigenvalue weighted by atomic mass is 10.3. The van der Waals surface area contributed by atoms with Crippen molar-refractivity contribution in [3.8, 4) is 5.75 Å². The molecule has 1 N–H and O–H groups in total. The molecule has 1 saturated heterocycles. The molecular weight excluding hydrogens is 347 g/mol. The van der Waals surface area contributed by atoms with Gasteiger partial charge >= 0.3 is 13.3 Å². The number of nitrogens with zero attached hydrogens (tertiary/aromatic N) is 1. The van der Waals surface area contributed by atoms with Crippen LogP contribution in [0.5, 0.6) is 5.75 Å². The molecule has 0 aliphatic carbocycles. The van der Waals surface area contributed by atoms with Crippen molar-refractivity contribution >= 4 is 7.60 Å². The van der Waals surface area contributed by atoms with E-state index in [0.717, 1.165) is 0 Å². The van der Waals surface area contributed by atoms with E-state index in [-0.39, 0.29) is 12.9 Å². The number of hydrogen-bond donors (Lipinski definition) is 1. The third-order valence-electron chi connectivity index (χ3n) is 3.86. The van der Waals surface area contributed by atoms with Crippen molar-refractivity contribution in [3.63, 3.8) is 0 Å². The molecule has 0 amide bonds. The zero-order valence-electron chi connectivity index (χ0n) is 13.9. The second-order valence-electron chi connectivity index (χ2n) is 5.88. The third-order valence-corrected chi connectivity index (χ3v) is 5.81. The fraction of sp³-hybridized carbons (Fsp3) is 0.375. The Balaban J connectivity index is 1.66. The van der Waals surface area contributed by atoms with Gasteiger partial charge in [-0.05, 0) is 26.0 Å². The monoisotopic (exact) mass is 366 g/mol. The minimum Gasteiger partial charge on any atom is -0.424 e. The van der Waals surface area contributed by atoms with Gasteiger partial charge in [0.05, 0.1) is 18.4 Å². The van der Waals surface area contributed by atoms with E-state index in [0.29, 0.717) is 11.3 Å². The number of aromatic amines is 1. The lowest BCUT2D eigenvalue weighted by Crippen LogP contribution is -2.33. The first-order chi connectivity index (χ1) is 11.9. The molecule has 3 atom stereocenters. The standard InChI is InChI=1S/C16H19N2O6P/c1-11-8-18(16(20)17-15(11)19)10-22-14-9-25(21,23-12(14)2)24-13-6-4-3-5-7-13/h3-8,12,14H,9-10H2,1-2H3,(H,17,19,20). The maximum atomic E-state index is 12.7. The third kappa shape index (κ3) is 4.10. The molecule has 1 aliphatic rings. The maximum Gasteiger partial charge on any atom is 0.382 e. The van der Waals surface area contributed by atoms with Gasteiger partial charge in [0.1, 0.15) is 12.5 Å². The molecule has 8 nitrogen and oxygen atoms in total. The number of aromatic nitrogens is 2. The van der Waals surface area contributed by atoms with Crippen LogP contribution in [0.1, 0.15) is 12.5 Å². The number of hydrogen-bond acceptors (Lipinski definition) is 6. The number of rotatable bonds is 5. The number of aryl methyl sites for hydroxylation is 1. The Morgan fingerprint density at radius 3 is 2.76 bits per heavy atom. The quantitative estimate of drug-likeness (QED) is 0.811. The lowest BCUT2D eigenvalue weighted by Gasteiger charge is -2.14. The van der Waals surface area contributed by atoms with Gasteiger partial charge < -0.3 is 9.26 Å². The topological polar surface area (TPSA) is 99.6 Å². The van der Waals surface area contributed by atoms with Crippen molar-refractivity contribution in [3.05, 3.63) is 62.9 Å². The molecule has 0 saturated carbocycles. The van der Waals surface area contributed by atoms with Crippen molar-refractivity contribution in [2.45, 2.75) is 32.8 Å². The van der Waals surface area contributed by atoms with Gasteiger partial charge in [0.2, 0.25) is 0 Å². The summed E-state index contributed by atoms with van der Waals surface area (Å²) in [5.41, 5.74) is -0.595. The molecule has 9 heteroatoms. The second kappa shape index (κ2) is 7.00. The molecule has 1 aromatic carbocycles. The molecular formula is C16H19N2O6P. The molecule has 3 unspecified atom stereocenters. The maximum absolute atomic E-state index is 12.7. The molecule has 25 heavy (non-hydrogen) atoms. The first kappa shape index (κ1) is 17.7. The number of H-pyrrole nitrogens is 1. The van der Waals surface area contributed by atoms with Gasteiger partial charge in [-0.1, -0.05) is 18.2 Å². The molecule has 0 radical (unpaired) electrons. The van der Waals surface area contributed by atoms with Crippen LogP contribution in [0.2, 0.25) is 0 Å². The SMILES string of the molecule is Cc1cn(COC2CP(=O)(Oc3ccccc3)OC2C)c(=O)[nH]c1=O. The largest absolute Gasteiger partial charge is 0.424 e. The highest BCUT2D eigenvalue weighted by atomic mass is 31.2. The molecule has 2 heterocycles. The van der Waals surface area contributed by atoms with Crippen LogP contribution in [-0.2, 0) is 20.6 Å². The van der Waals surface area contributed by atoms with E-state index in [4.69, 9.17) is 13.8 Å². The zero-order chi connectivity index (χ0) is 18.0. The van der Waals surface area contributed by atoms with Crippen molar-refractivity contribution in [2.75, 3.05) is 6.16 Å². The number of benzene rings is 1. The zero-order valence-corrected chi connectivity index (χ0v) is 14.8. The van der Waals surface area contributed by atoms with E-state index >= 15 is 0 Å². The summed E-state index contributed by atoms with van der Waals surface area (Å²) in [4.78, 5) is 25.3. The van der Waals surface area contributed by atoms with Crippen LogP contribution in [0.25, 0.3) is 0 Å². The second-order valence-corrected chi connectivity index (χ2v) is 7.86. The van der Waals surface area contributed by atoms with Crippen molar-refractivity contribution < 1.29 is 18.3 Å². The van der Waals surface area contributed by atoms with Crippen LogP contribution < -0.4 is 15.8 Å². The van der Waals surface area contributed by atoms with Gasteiger partial charge in [-0.15, -0.1) is 0 Å². The minimum atomic E-state index is -3.32. The highest BCUT2D eigenvalue weighted by Gasteiger charge is 2.44. The minimum absolute atomic E-state index is 0.0832. The summed E-state index contributed by atoms with van der Waals surface area (Å²) < 4.78 is 30.7. The summed E-state index contributed by atoms with van der Waals surface area (Å²) in [5.74, 6) is 0.464. The van der Waals surface area contributed by atoms with E-state index in [1.165, 1.54) is 10.8 Å². The predicted octanol–water partition coefficient (Wildman–Crippen LogP) is 1.88. The Morgan fingerprint density at radius 1 is 1.32 bits per heavy atom. The van der Waals surface area contributed by atoms with Gasteiger partial charge in [-0.25, -0.2) is 9.36 Å². The van der Waals surface area contributed by atoms with Gasteiger partial charge in [0, 0.05) is 11.8 Å². The highest BCUT2D eigenvalue weighted by Crippen LogP contribution is 2.55. The molecule has 2 aromatic rings. The summed E-state index contributed by atoms with van der Waals surface area (Å²) in [5, 5.41) is 0. The molecule has 1 fully saturated rings. The van der Waals surface area contributed by atoms with E-state index < -0.39 is 31.1 Å². The van der Waals surface area contributed by atoms with Crippen molar-refractivity contribution in [2.24, 2.45) is 0 Å². The summed E-state index contributed by atoms with van der Waals surface area (Å²) in [6, 6.07) is 8.78. The predicted molar refractivity (Wildman–Crippen MR) is 91.0 cm³/mol. The molecule has 1 aromatic heterocycles. The van der Waals surface area contributed by atoms with Gasteiger partial charge in [0.25, 0.3) is 5.56 Å². The van der Waals surface area contributed by atoms with Crippen LogP contribution in [0.15, 0.2) is 46.1 Å². The summed E-state index contributed by atoms with van der Waals surface area (Å²) in [6.45, 7) is 3.25. The van der Waals surface area contributed by atoms with Crippen molar-refractivity contribution in [1.29, 1.82) is 0 Å². The Morgan fingerprint density at radius 2 is 2.04 bits per heavy atom. The van der Waals surface area contributed by atoms with E-state index in [2.05, 4.69) is 4.98 Å². The Kier molecular flexibility index (Phi) is 4.94. The normalized spacial score (nSPS) is 25.8. The average Bonchev–Trinajstić information content (AvgIpc) is 2.84. The van der Waals surface area contributed by atoms with Gasteiger partial charge in [-0.2, -0.15) is 0 Å². The van der Waals surface area contributed by atoms with Gasteiger partial charge in [-0.3, -0.25) is 18.9 Å². The average molecular weight is 366 g/mol. The van der Waals surface area contributed by atoms with Crippen molar-refractivity contribution in [1.82, 2.24) is 9.55 Å².